The van der Waals surface area contributed by atoms with Crippen LogP contribution >= 0.6 is 0 Å². The first kappa shape index (κ1) is 32.2. The highest BCUT2D eigenvalue weighted by atomic mass is 16.5. The van der Waals surface area contributed by atoms with Gasteiger partial charge in [0.2, 0.25) is 5.91 Å². The van der Waals surface area contributed by atoms with Crippen LogP contribution < -0.4 is 26.8 Å². The molecule has 232 valence electrons. The van der Waals surface area contributed by atoms with Gasteiger partial charge in [-0.25, -0.2) is 9.97 Å². The summed E-state index contributed by atoms with van der Waals surface area (Å²) in [4.78, 5) is 21.2. The van der Waals surface area contributed by atoms with Crippen molar-refractivity contribution in [1.29, 1.82) is 5.41 Å². The summed E-state index contributed by atoms with van der Waals surface area (Å²) in [5.41, 5.74) is 12.6. The minimum absolute atomic E-state index is 0.0559. The van der Waals surface area contributed by atoms with Gasteiger partial charge in [-0.05, 0) is 69.1 Å². The first-order valence-electron chi connectivity index (χ1n) is 14.8. The number of hydrogen-bond donors (Lipinski definition) is 5. The van der Waals surface area contributed by atoms with Crippen LogP contribution in [0.25, 0.3) is 0 Å². The third-order valence-corrected chi connectivity index (χ3v) is 7.32. The van der Waals surface area contributed by atoms with Crippen LogP contribution in [-0.2, 0) is 16.6 Å². The molecule has 11 heteroatoms. The van der Waals surface area contributed by atoms with Crippen molar-refractivity contribution in [1.82, 2.24) is 20.4 Å². The number of anilines is 2. The fraction of sp³-hybridized carbons (Fsp3) is 0.364. The third-order valence-electron chi connectivity index (χ3n) is 7.32. The lowest BCUT2D eigenvalue weighted by Gasteiger charge is -2.30. The van der Waals surface area contributed by atoms with E-state index in [1.807, 2.05) is 81.4 Å². The Hall–Kier alpha value is -4.77. The highest BCUT2D eigenvalue weighted by Gasteiger charge is 2.26. The van der Waals surface area contributed by atoms with Gasteiger partial charge in [0.25, 0.3) is 0 Å². The maximum Gasteiger partial charge on any atom is 0.226 e. The van der Waals surface area contributed by atoms with Gasteiger partial charge in [0, 0.05) is 29.1 Å². The molecule has 7 N–H and O–H groups in total. The van der Waals surface area contributed by atoms with Crippen LogP contribution in [0.2, 0.25) is 0 Å². The van der Waals surface area contributed by atoms with E-state index >= 15 is 0 Å². The summed E-state index contributed by atoms with van der Waals surface area (Å²) in [6.45, 7) is 6.14. The van der Waals surface area contributed by atoms with E-state index in [1.54, 1.807) is 0 Å². The molecule has 2 heterocycles. The number of nitrogen functional groups attached to an aromatic ring is 1. The SMILES string of the molecule is CC(C)(C)c1cc(CC(=O)NC2CCC(Nc3ncnc(N)c3C(=N)c3ccc(Oc4ccccc4)cc3)CC2)no1.CN. The lowest BCUT2D eigenvalue weighted by molar-refractivity contribution is -0.121. The van der Waals surface area contributed by atoms with Gasteiger partial charge >= 0.3 is 0 Å². The number of para-hydroxylation sites is 1. The second-order valence-corrected chi connectivity index (χ2v) is 11.7. The summed E-state index contributed by atoms with van der Waals surface area (Å²) in [7, 11) is 1.50. The van der Waals surface area contributed by atoms with Crippen LogP contribution in [0, 0.1) is 5.41 Å². The summed E-state index contributed by atoms with van der Waals surface area (Å²) >= 11 is 0. The summed E-state index contributed by atoms with van der Waals surface area (Å²) in [6, 6.07) is 18.9. The lowest BCUT2D eigenvalue weighted by atomic mass is 9.90. The van der Waals surface area contributed by atoms with Crippen molar-refractivity contribution >= 4 is 23.3 Å². The maximum absolute atomic E-state index is 12.6. The van der Waals surface area contributed by atoms with E-state index < -0.39 is 0 Å². The van der Waals surface area contributed by atoms with Gasteiger partial charge in [-0.2, -0.15) is 0 Å². The Bertz CT molecular complexity index is 1520. The number of nitrogens with one attached hydrogen (secondary N) is 3. The summed E-state index contributed by atoms with van der Waals surface area (Å²) < 4.78 is 11.3. The van der Waals surface area contributed by atoms with E-state index in [1.165, 1.54) is 13.4 Å². The molecule has 11 nitrogen and oxygen atoms in total. The highest BCUT2D eigenvalue weighted by molar-refractivity contribution is 6.16. The van der Waals surface area contributed by atoms with Crippen molar-refractivity contribution < 1.29 is 14.1 Å². The van der Waals surface area contributed by atoms with Crippen LogP contribution in [0.3, 0.4) is 0 Å². The Morgan fingerprint density at radius 1 is 0.977 bits per heavy atom. The third kappa shape index (κ3) is 8.41. The molecule has 0 unspecified atom stereocenters. The molecular formula is C33H42N8O3. The van der Waals surface area contributed by atoms with E-state index in [0.29, 0.717) is 28.4 Å². The van der Waals surface area contributed by atoms with Crippen molar-refractivity contribution in [3.8, 4) is 11.5 Å². The number of rotatable bonds is 9. The summed E-state index contributed by atoms with van der Waals surface area (Å²) in [5, 5.41) is 19.6. The molecule has 0 radical (unpaired) electrons. The zero-order chi connectivity index (χ0) is 31.7. The lowest BCUT2D eigenvalue weighted by Crippen LogP contribution is -2.41. The van der Waals surface area contributed by atoms with Crippen molar-refractivity contribution in [2.75, 3.05) is 18.1 Å². The van der Waals surface area contributed by atoms with Crippen LogP contribution in [0.1, 0.15) is 69.0 Å². The largest absolute Gasteiger partial charge is 0.457 e. The molecule has 1 aliphatic rings. The molecule has 4 aromatic rings. The maximum atomic E-state index is 12.6. The molecule has 0 atom stereocenters. The number of aromatic nitrogens is 3. The van der Waals surface area contributed by atoms with Gasteiger partial charge in [-0.1, -0.05) is 44.1 Å². The molecule has 1 amide bonds. The summed E-state index contributed by atoms with van der Waals surface area (Å²) in [6.07, 6.45) is 4.93. The molecule has 0 aliphatic heterocycles. The van der Waals surface area contributed by atoms with Crippen LogP contribution in [-0.4, -0.2) is 45.9 Å². The first-order chi connectivity index (χ1) is 21.2. The molecule has 1 aliphatic carbocycles. The van der Waals surface area contributed by atoms with Gasteiger partial charge in [-0.15, -0.1) is 0 Å². The fourth-order valence-electron chi connectivity index (χ4n) is 4.98. The van der Waals surface area contributed by atoms with Crippen molar-refractivity contribution in [2.24, 2.45) is 5.73 Å². The number of ether oxygens (including phenoxy) is 1. The Morgan fingerprint density at radius 3 is 2.25 bits per heavy atom. The number of nitrogens with two attached hydrogens (primary N) is 2. The predicted octanol–water partition coefficient (Wildman–Crippen LogP) is 5.21. The highest BCUT2D eigenvalue weighted by Crippen LogP contribution is 2.28. The molecule has 0 spiro atoms. The van der Waals surface area contributed by atoms with Gasteiger partial charge in [0.1, 0.15) is 35.2 Å². The van der Waals surface area contributed by atoms with E-state index in [0.717, 1.165) is 37.2 Å². The number of amides is 1. The van der Waals surface area contributed by atoms with Gasteiger partial charge < -0.3 is 31.4 Å². The van der Waals surface area contributed by atoms with E-state index in [4.69, 9.17) is 20.4 Å². The molecular weight excluding hydrogens is 556 g/mol. The molecule has 0 saturated heterocycles. The number of carbonyl (C=O) groups excluding carboxylic acids is 1. The van der Waals surface area contributed by atoms with Crippen LogP contribution in [0.15, 0.2) is 71.5 Å². The van der Waals surface area contributed by atoms with Crippen LogP contribution in [0.5, 0.6) is 11.5 Å². The minimum atomic E-state index is -0.151. The van der Waals surface area contributed by atoms with Gasteiger partial charge in [0.05, 0.1) is 23.4 Å². The Labute approximate surface area is 258 Å². The predicted molar refractivity (Wildman–Crippen MR) is 172 cm³/mol. The molecule has 2 aromatic carbocycles. The first-order valence-corrected chi connectivity index (χ1v) is 14.8. The Balaban J connectivity index is 0.00000216. The van der Waals surface area contributed by atoms with Crippen LogP contribution in [0.4, 0.5) is 11.6 Å². The standard InChI is InChI=1S/C32H37N7O3.CH5N/c1-32(2,3)26-17-23(39-42-26)18-27(40)37-21-11-13-22(14-12-21)38-31-28(30(34)35-19-36-31)29(33)20-9-15-25(16-10-20)41-24-7-5-4-6-8-24;1-2/h4-10,15-17,19,21-22,33H,11-14,18H2,1-3H3,(H,37,40)(H3,34,35,36,38);2H2,1H3. The molecule has 2 aromatic heterocycles. The average molecular weight is 599 g/mol. The number of nitrogens with zero attached hydrogens (tertiary/aromatic N) is 3. The molecule has 5 rings (SSSR count). The second-order valence-electron chi connectivity index (χ2n) is 11.7. The molecule has 1 saturated carbocycles. The smallest absolute Gasteiger partial charge is 0.226 e. The number of benzene rings is 2. The monoisotopic (exact) mass is 598 g/mol. The number of hydrogen-bond acceptors (Lipinski definition) is 10. The molecule has 44 heavy (non-hydrogen) atoms. The molecule has 0 bridgehead atoms. The molecule has 1 fully saturated rings. The van der Waals surface area contributed by atoms with Crippen molar-refractivity contribution in [3.05, 3.63) is 89.6 Å². The minimum Gasteiger partial charge on any atom is -0.457 e. The average Bonchev–Trinajstić information content (AvgIpc) is 3.49. The van der Waals surface area contributed by atoms with Gasteiger partial charge in [0.15, 0.2) is 0 Å². The van der Waals surface area contributed by atoms with Crippen molar-refractivity contribution in [3.63, 3.8) is 0 Å². The van der Waals surface area contributed by atoms with E-state index in [9.17, 15) is 4.79 Å². The zero-order valence-corrected chi connectivity index (χ0v) is 25.8. The topological polar surface area (TPSA) is 178 Å². The number of carbonyl (C=O) groups is 1. The normalized spacial score (nSPS) is 16.3. The fourth-order valence-corrected chi connectivity index (χ4v) is 4.98. The van der Waals surface area contributed by atoms with Crippen molar-refractivity contribution in [2.45, 2.75) is 70.4 Å². The quantitative estimate of drug-likeness (QED) is 0.162. The second kappa shape index (κ2) is 14.6. The van der Waals surface area contributed by atoms with E-state index in [2.05, 4.69) is 31.5 Å². The van der Waals surface area contributed by atoms with E-state index in [-0.39, 0.29) is 41.4 Å². The van der Waals surface area contributed by atoms with Gasteiger partial charge in [-0.3, -0.25) is 10.2 Å². The Kier molecular flexibility index (Phi) is 10.7. The zero-order valence-electron chi connectivity index (χ0n) is 25.8. The Morgan fingerprint density at radius 2 is 1.61 bits per heavy atom. The summed E-state index contributed by atoms with van der Waals surface area (Å²) in [5.74, 6) is 2.90.